The van der Waals surface area contributed by atoms with Gasteiger partial charge in [0.2, 0.25) is 0 Å². The first-order valence-electron chi connectivity index (χ1n) is 8.29. The van der Waals surface area contributed by atoms with Crippen LogP contribution in [0, 0.1) is 12.8 Å². The second kappa shape index (κ2) is 6.67. The molecule has 5 heteroatoms. The molecule has 2 aliphatic rings. The maximum atomic E-state index is 6.44. The zero-order valence-corrected chi connectivity index (χ0v) is 14.0. The van der Waals surface area contributed by atoms with Gasteiger partial charge in [-0.1, -0.05) is 30.9 Å². The molecule has 3 rings (SSSR count). The number of rotatable bonds is 3. The molecule has 0 aromatic carbocycles. The molecule has 1 atom stereocenters. The quantitative estimate of drug-likeness (QED) is 0.932. The van der Waals surface area contributed by atoms with E-state index in [0.29, 0.717) is 6.04 Å². The summed E-state index contributed by atoms with van der Waals surface area (Å²) < 4.78 is 1.96. The van der Waals surface area contributed by atoms with Crippen LogP contribution in [-0.2, 0) is 13.6 Å². The van der Waals surface area contributed by atoms with Gasteiger partial charge in [-0.15, -0.1) is 0 Å². The second-order valence-electron chi connectivity index (χ2n) is 6.61. The molecule has 1 aromatic heterocycles. The van der Waals surface area contributed by atoms with E-state index in [2.05, 4.69) is 15.3 Å². The number of aromatic nitrogens is 2. The van der Waals surface area contributed by atoms with E-state index in [1.165, 1.54) is 32.1 Å². The van der Waals surface area contributed by atoms with E-state index in [1.807, 2.05) is 18.7 Å². The summed E-state index contributed by atoms with van der Waals surface area (Å²) in [6.07, 6.45) is 7.01. The van der Waals surface area contributed by atoms with Gasteiger partial charge in [0.05, 0.1) is 16.4 Å². The van der Waals surface area contributed by atoms with Crippen molar-refractivity contribution >= 4 is 11.6 Å². The molecular formula is C16H27ClN4. The minimum absolute atomic E-state index is 0.658. The lowest BCUT2D eigenvalue weighted by Crippen LogP contribution is -2.54. The van der Waals surface area contributed by atoms with Crippen molar-refractivity contribution in [3.05, 3.63) is 16.4 Å². The molecule has 2 heterocycles. The fourth-order valence-electron chi connectivity index (χ4n) is 3.99. The highest BCUT2D eigenvalue weighted by atomic mass is 35.5. The van der Waals surface area contributed by atoms with Crippen LogP contribution in [0.2, 0.25) is 5.02 Å². The van der Waals surface area contributed by atoms with Gasteiger partial charge in [0, 0.05) is 39.3 Å². The standard InChI is InChI=1S/C16H27ClN4/c1-12-16(17)15(20(2)19-12)11-21-9-8-18-10-14(21)13-6-4-3-5-7-13/h13-14,18H,3-11H2,1-2H3. The molecule has 1 unspecified atom stereocenters. The van der Waals surface area contributed by atoms with Crippen LogP contribution in [0.25, 0.3) is 0 Å². The fraction of sp³-hybridized carbons (Fsp3) is 0.812. The number of piperazine rings is 1. The average Bonchev–Trinajstić information content (AvgIpc) is 2.75. The molecule has 1 aliphatic carbocycles. The number of halogens is 1. The molecule has 2 fully saturated rings. The Hall–Kier alpha value is -0.580. The Kier molecular flexibility index (Phi) is 4.87. The zero-order valence-electron chi connectivity index (χ0n) is 13.2. The Morgan fingerprint density at radius 2 is 2.05 bits per heavy atom. The van der Waals surface area contributed by atoms with Gasteiger partial charge in [0.25, 0.3) is 0 Å². The van der Waals surface area contributed by atoms with E-state index < -0.39 is 0 Å². The van der Waals surface area contributed by atoms with Crippen LogP contribution in [-0.4, -0.2) is 40.4 Å². The Bertz CT molecular complexity index is 479. The van der Waals surface area contributed by atoms with E-state index in [4.69, 9.17) is 11.6 Å². The van der Waals surface area contributed by atoms with Crippen molar-refractivity contribution in [2.75, 3.05) is 19.6 Å². The molecule has 21 heavy (non-hydrogen) atoms. The van der Waals surface area contributed by atoms with Crippen LogP contribution in [0.1, 0.15) is 43.5 Å². The van der Waals surface area contributed by atoms with Gasteiger partial charge < -0.3 is 5.32 Å². The van der Waals surface area contributed by atoms with Gasteiger partial charge in [-0.2, -0.15) is 5.10 Å². The van der Waals surface area contributed by atoms with Crippen molar-refractivity contribution in [1.29, 1.82) is 0 Å². The van der Waals surface area contributed by atoms with Crippen LogP contribution in [0.15, 0.2) is 0 Å². The molecule has 1 aliphatic heterocycles. The summed E-state index contributed by atoms with van der Waals surface area (Å²) in [4.78, 5) is 2.63. The zero-order chi connectivity index (χ0) is 14.8. The lowest BCUT2D eigenvalue weighted by Gasteiger charge is -2.42. The summed E-state index contributed by atoms with van der Waals surface area (Å²) in [5.74, 6) is 0.847. The molecule has 0 radical (unpaired) electrons. The third-order valence-corrected chi connectivity index (χ3v) is 5.70. The largest absolute Gasteiger partial charge is 0.314 e. The molecule has 1 aromatic rings. The predicted molar refractivity (Wildman–Crippen MR) is 86.6 cm³/mol. The van der Waals surface area contributed by atoms with Crippen LogP contribution >= 0.6 is 11.6 Å². The average molecular weight is 311 g/mol. The van der Waals surface area contributed by atoms with Crippen LogP contribution in [0.5, 0.6) is 0 Å². The molecule has 0 spiro atoms. The molecule has 4 nitrogen and oxygen atoms in total. The van der Waals surface area contributed by atoms with E-state index in [9.17, 15) is 0 Å². The fourth-order valence-corrected chi connectivity index (χ4v) is 4.21. The lowest BCUT2D eigenvalue weighted by atomic mass is 9.82. The molecule has 1 saturated carbocycles. The van der Waals surface area contributed by atoms with Gasteiger partial charge in [-0.05, 0) is 25.7 Å². The second-order valence-corrected chi connectivity index (χ2v) is 6.99. The SMILES string of the molecule is Cc1nn(C)c(CN2CCNCC2C2CCCCC2)c1Cl. The number of nitrogens with one attached hydrogen (secondary N) is 1. The highest BCUT2D eigenvalue weighted by Gasteiger charge is 2.31. The van der Waals surface area contributed by atoms with E-state index in [0.717, 1.165) is 48.5 Å². The molecule has 118 valence electrons. The minimum atomic E-state index is 0.658. The van der Waals surface area contributed by atoms with Gasteiger partial charge in [0.1, 0.15) is 0 Å². The molecular weight excluding hydrogens is 284 g/mol. The van der Waals surface area contributed by atoms with Crippen molar-refractivity contribution in [3.63, 3.8) is 0 Å². The van der Waals surface area contributed by atoms with Gasteiger partial charge in [-0.3, -0.25) is 9.58 Å². The van der Waals surface area contributed by atoms with Gasteiger partial charge >= 0.3 is 0 Å². The van der Waals surface area contributed by atoms with Gasteiger partial charge in [-0.25, -0.2) is 0 Å². The van der Waals surface area contributed by atoms with Crippen LogP contribution in [0.3, 0.4) is 0 Å². The van der Waals surface area contributed by atoms with Crippen molar-refractivity contribution in [1.82, 2.24) is 20.0 Å². The predicted octanol–water partition coefficient (Wildman–Crippen LogP) is 2.74. The number of hydrogen-bond donors (Lipinski definition) is 1. The summed E-state index contributed by atoms with van der Waals surface area (Å²) >= 11 is 6.44. The topological polar surface area (TPSA) is 33.1 Å². The third kappa shape index (κ3) is 3.27. The van der Waals surface area contributed by atoms with Crippen molar-refractivity contribution < 1.29 is 0 Å². The van der Waals surface area contributed by atoms with Crippen LogP contribution < -0.4 is 5.32 Å². The van der Waals surface area contributed by atoms with Crippen molar-refractivity contribution in [2.45, 2.75) is 51.6 Å². The third-order valence-electron chi connectivity index (χ3n) is 5.21. The molecule has 1 saturated heterocycles. The Morgan fingerprint density at radius 3 is 2.71 bits per heavy atom. The minimum Gasteiger partial charge on any atom is -0.314 e. The summed E-state index contributed by atoms with van der Waals surface area (Å²) in [7, 11) is 2.01. The maximum Gasteiger partial charge on any atom is 0.0860 e. The van der Waals surface area contributed by atoms with Crippen molar-refractivity contribution in [2.24, 2.45) is 13.0 Å². The Morgan fingerprint density at radius 1 is 1.29 bits per heavy atom. The number of nitrogens with zero attached hydrogens (tertiary/aromatic N) is 3. The first-order valence-corrected chi connectivity index (χ1v) is 8.67. The molecule has 0 amide bonds. The first-order chi connectivity index (χ1) is 10.2. The smallest absolute Gasteiger partial charge is 0.0860 e. The molecule has 0 bridgehead atoms. The highest BCUT2D eigenvalue weighted by molar-refractivity contribution is 6.31. The van der Waals surface area contributed by atoms with Gasteiger partial charge in [0.15, 0.2) is 0 Å². The lowest BCUT2D eigenvalue weighted by molar-refractivity contribution is 0.0838. The first kappa shape index (κ1) is 15.3. The summed E-state index contributed by atoms with van der Waals surface area (Å²) in [6.45, 7) is 6.24. The monoisotopic (exact) mass is 310 g/mol. The van der Waals surface area contributed by atoms with E-state index in [1.54, 1.807) is 0 Å². The summed E-state index contributed by atoms with van der Waals surface area (Å²) in [6, 6.07) is 0.658. The van der Waals surface area contributed by atoms with Crippen LogP contribution in [0.4, 0.5) is 0 Å². The molecule has 1 N–H and O–H groups in total. The normalized spacial score (nSPS) is 25.4. The Labute approximate surface area is 132 Å². The summed E-state index contributed by atoms with van der Waals surface area (Å²) in [5.41, 5.74) is 2.11. The maximum absolute atomic E-state index is 6.44. The number of aryl methyl sites for hydroxylation is 2. The van der Waals surface area contributed by atoms with E-state index in [-0.39, 0.29) is 0 Å². The van der Waals surface area contributed by atoms with Crippen molar-refractivity contribution in [3.8, 4) is 0 Å². The summed E-state index contributed by atoms with van der Waals surface area (Å²) in [5, 5.41) is 8.89. The van der Waals surface area contributed by atoms with E-state index >= 15 is 0 Å². The Balaban J connectivity index is 1.74. The number of hydrogen-bond acceptors (Lipinski definition) is 3. The highest BCUT2D eigenvalue weighted by Crippen LogP contribution is 2.31.